The van der Waals surface area contributed by atoms with Crippen LogP contribution in [0.1, 0.15) is 12.3 Å². The number of aromatic nitrogens is 5. The third kappa shape index (κ3) is 3.22. The average Bonchev–Trinajstić information content (AvgIpc) is 3.35. The maximum atomic E-state index is 12.5. The van der Waals surface area contributed by atoms with Crippen molar-refractivity contribution in [1.82, 2.24) is 25.0 Å². The highest BCUT2D eigenvalue weighted by molar-refractivity contribution is 8.01. The van der Waals surface area contributed by atoms with E-state index in [2.05, 4.69) is 20.4 Å². The average molecular weight is 397 g/mol. The van der Waals surface area contributed by atoms with Crippen molar-refractivity contribution in [3.8, 4) is 21.5 Å². The number of hydrogen-bond acceptors (Lipinski definition) is 8. The van der Waals surface area contributed by atoms with Crippen LogP contribution in [0.25, 0.3) is 21.5 Å². The first-order valence-electron chi connectivity index (χ1n) is 6.94. The largest absolute Gasteiger partial charge is 0.414 e. The van der Waals surface area contributed by atoms with Gasteiger partial charge < -0.3 is 8.98 Å². The Morgan fingerprint density at radius 2 is 2.00 bits per heavy atom. The third-order valence-electron chi connectivity index (χ3n) is 3.19. The SMILES string of the molecule is Cn1c(Sc2ccc(-c3nnc(C(F)F)o3)s2)nnc1-c1cccs1. The van der Waals surface area contributed by atoms with E-state index in [-0.39, 0.29) is 5.89 Å². The van der Waals surface area contributed by atoms with Gasteiger partial charge in [0.2, 0.25) is 0 Å². The smallest absolute Gasteiger partial charge is 0.314 e. The lowest BCUT2D eigenvalue weighted by Crippen LogP contribution is -1.92. The molecule has 4 aromatic rings. The molecule has 0 spiro atoms. The predicted molar refractivity (Wildman–Crippen MR) is 91.0 cm³/mol. The summed E-state index contributed by atoms with van der Waals surface area (Å²) in [6, 6.07) is 7.57. The van der Waals surface area contributed by atoms with E-state index in [0.29, 0.717) is 4.88 Å². The number of halogens is 2. The van der Waals surface area contributed by atoms with Crippen molar-refractivity contribution < 1.29 is 13.2 Å². The van der Waals surface area contributed by atoms with Gasteiger partial charge in [0, 0.05) is 7.05 Å². The molecule has 0 radical (unpaired) electrons. The van der Waals surface area contributed by atoms with Gasteiger partial charge in [0.15, 0.2) is 11.0 Å². The van der Waals surface area contributed by atoms with Gasteiger partial charge in [-0.1, -0.05) is 6.07 Å². The molecule has 0 saturated carbocycles. The molecule has 0 aromatic carbocycles. The van der Waals surface area contributed by atoms with Crippen LogP contribution in [0, 0.1) is 0 Å². The minimum atomic E-state index is -2.77. The van der Waals surface area contributed by atoms with Crippen molar-refractivity contribution in [2.24, 2.45) is 7.05 Å². The molecule has 0 fully saturated rings. The van der Waals surface area contributed by atoms with Gasteiger partial charge in [0.25, 0.3) is 11.8 Å². The van der Waals surface area contributed by atoms with Gasteiger partial charge in [-0.25, -0.2) is 0 Å². The van der Waals surface area contributed by atoms with Crippen LogP contribution in [0.4, 0.5) is 8.78 Å². The lowest BCUT2D eigenvalue weighted by molar-refractivity contribution is 0.116. The van der Waals surface area contributed by atoms with Crippen molar-refractivity contribution in [3.63, 3.8) is 0 Å². The Bertz CT molecular complexity index is 992. The Kier molecular flexibility index (Phi) is 4.36. The van der Waals surface area contributed by atoms with Crippen LogP contribution < -0.4 is 0 Å². The van der Waals surface area contributed by atoms with E-state index in [1.54, 1.807) is 17.4 Å². The molecule has 0 aliphatic carbocycles. The second kappa shape index (κ2) is 6.65. The van der Waals surface area contributed by atoms with Gasteiger partial charge in [0.05, 0.1) is 14.0 Å². The molecule has 0 N–H and O–H groups in total. The molecule has 25 heavy (non-hydrogen) atoms. The van der Waals surface area contributed by atoms with E-state index in [4.69, 9.17) is 4.42 Å². The van der Waals surface area contributed by atoms with Crippen LogP contribution in [0.15, 0.2) is 43.4 Å². The Labute approximate surface area is 152 Å². The van der Waals surface area contributed by atoms with E-state index < -0.39 is 12.3 Å². The maximum absolute atomic E-state index is 12.5. The monoisotopic (exact) mass is 397 g/mol. The molecule has 0 amide bonds. The molecule has 128 valence electrons. The van der Waals surface area contributed by atoms with E-state index in [9.17, 15) is 8.78 Å². The normalized spacial score (nSPS) is 11.5. The maximum Gasteiger partial charge on any atom is 0.314 e. The number of thiophene rings is 2. The molecule has 0 bridgehead atoms. The fourth-order valence-corrected chi connectivity index (χ4v) is 4.71. The minimum absolute atomic E-state index is 0.0874. The Hall–Kier alpha value is -2.11. The summed E-state index contributed by atoms with van der Waals surface area (Å²) in [5.74, 6) is 0.212. The summed E-state index contributed by atoms with van der Waals surface area (Å²) in [5, 5.41) is 18.2. The molecule has 0 unspecified atom stereocenters. The summed E-state index contributed by atoms with van der Waals surface area (Å²) in [4.78, 5) is 1.67. The van der Waals surface area contributed by atoms with Gasteiger partial charge >= 0.3 is 6.43 Å². The molecule has 11 heteroatoms. The Balaban J connectivity index is 1.55. The number of hydrogen-bond donors (Lipinski definition) is 0. The molecular formula is C14H9F2N5OS3. The summed E-state index contributed by atoms with van der Waals surface area (Å²) in [7, 11) is 1.90. The van der Waals surface area contributed by atoms with E-state index >= 15 is 0 Å². The van der Waals surface area contributed by atoms with Crippen molar-refractivity contribution in [3.05, 3.63) is 35.5 Å². The molecule has 0 atom stereocenters. The summed E-state index contributed by atoms with van der Waals surface area (Å²) in [6.07, 6.45) is -2.77. The molecule has 4 rings (SSSR count). The van der Waals surface area contributed by atoms with Gasteiger partial charge in [-0.05, 0) is 35.3 Å². The highest BCUT2D eigenvalue weighted by Gasteiger charge is 2.19. The molecule has 4 heterocycles. The summed E-state index contributed by atoms with van der Waals surface area (Å²) >= 11 is 4.40. The second-order valence-corrected chi connectivity index (χ2v) is 8.11. The van der Waals surface area contributed by atoms with E-state index in [0.717, 1.165) is 20.1 Å². The van der Waals surface area contributed by atoms with Crippen LogP contribution in [0.2, 0.25) is 0 Å². The fourth-order valence-electron chi connectivity index (χ4n) is 2.03. The molecule has 0 aliphatic heterocycles. The lowest BCUT2D eigenvalue weighted by Gasteiger charge is -2.00. The van der Waals surface area contributed by atoms with Crippen LogP contribution in [0.3, 0.4) is 0 Å². The highest BCUT2D eigenvalue weighted by atomic mass is 32.2. The fraction of sp³-hybridized carbons (Fsp3) is 0.143. The van der Waals surface area contributed by atoms with Gasteiger partial charge in [-0.15, -0.1) is 43.1 Å². The topological polar surface area (TPSA) is 69.6 Å². The van der Waals surface area contributed by atoms with Crippen molar-refractivity contribution in [1.29, 1.82) is 0 Å². The first-order chi connectivity index (χ1) is 12.1. The summed E-state index contributed by atoms with van der Waals surface area (Å²) < 4.78 is 32.9. The van der Waals surface area contributed by atoms with Crippen molar-refractivity contribution >= 4 is 34.4 Å². The van der Waals surface area contributed by atoms with E-state index in [1.807, 2.05) is 35.2 Å². The van der Waals surface area contributed by atoms with Gasteiger partial charge in [-0.3, -0.25) is 0 Å². The van der Waals surface area contributed by atoms with Crippen LogP contribution in [0.5, 0.6) is 0 Å². The minimum Gasteiger partial charge on any atom is -0.414 e. The summed E-state index contributed by atoms with van der Waals surface area (Å²) in [6.45, 7) is 0. The highest BCUT2D eigenvalue weighted by Crippen LogP contribution is 2.38. The molecule has 6 nitrogen and oxygen atoms in total. The summed E-state index contributed by atoms with van der Waals surface area (Å²) in [5.41, 5.74) is 0. The van der Waals surface area contributed by atoms with Crippen LogP contribution in [-0.4, -0.2) is 25.0 Å². The van der Waals surface area contributed by atoms with Crippen LogP contribution >= 0.6 is 34.4 Å². The lowest BCUT2D eigenvalue weighted by atomic mass is 10.4. The van der Waals surface area contributed by atoms with Gasteiger partial charge in [-0.2, -0.15) is 8.78 Å². The van der Waals surface area contributed by atoms with Gasteiger partial charge in [0.1, 0.15) is 0 Å². The third-order valence-corrected chi connectivity index (χ3v) is 6.30. The Morgan fingerprint density at radius 1 is 1.12 bits per heavy atom. The zero-order valence-electron chi connectivity index (χ0n) is 12.6. The standard InChI is InChI=1S/C14H9F2N5OS3/c1-21-11(7-3-2-6-23-7)17-20-14(21)25-9-5-4-8(24-9)12-18-19-13(22-12)10(15)16/h2-6,10H,1H3. The zero-order chi connectivity index (χ0) is 17.4. The van der Waals surface area contributed by atoms with Crippen LogP contribution in [-0.2, 0) is 7.05 Å². The number of rotatable bonds is 5. The molecule has 4 aromatic heterocycles. The van der Waals surface area contributed by atoms with E-state index in [1.165, 1.54) is 23.1 Å². The molecule has 0 saturated heterocycles. The van der Waals surface area contributed by atoms with Crippen molar-refractivity contribution in [2.75, 3.05) is 0 Å². The predicted octanol–water partition coefficient (Wildman–Crippen LogP) is 4.74. The first-order valence-corrected chi connectivity index (χ1v) is 9.46. The molecule has 0 aliphatic rings. The van der Waals surface area contributed by atoms with Crippen molar-refractivity contribution in [2.45, 2.75) is 15.8 Å². The number of alkyl halides is 2. The second-order valence-electron chi connectivity index (χ2n) is 4.81. The zero-order valence-corrected chi connectivity index (χ0v) is 15.0. The Morgan fingerprint density at radius 3 is 2.72 bits per heavy atom. The number of nitrogens with zero attached hydrogens (tertiary/aromatic N) is 5. The quantitative estimate of drug-likeness (QED) is 0.484. The molecular weight excluding hydrogens is 388 g/mol. The first kappa shape index (κ1) is 16.4.